The van der Waals surface area contributed by atoms with Crippen molar-refractivity contribution < 1.29 is 14.6 Å². The van der Waals surface area contributed by atoms with Crippen molar-refractivity contribution in [3.8, 4) is 0 Å². The summed E-state index contributed by atoms with van der Waals surface area (Å²) < 4.78 is 7.37. The minimum absolute atomic E-state index is 0.558. The van der Waals surface area contributed by atoms with Gasteiger partial charge in [-0.15, -0.1) is 0 Å². The van der Waals surface area contributed by atoms with E-state index in [9.17, 15) is 9.90 Å². The van der Waals surface area contributed by atoms with Crippen LogP contribution in [0.1, 0.15) is 24.0 Å². The van der Waals surface area contributed by atoms with Crippen molar-refractivity contribution in [1.82, 2.24) is 14.7 Å². The number of rotatable bonds is 7. The van der Waals surface area contributed by atoms with Crippen molar-refractivity contribution >= 4 is 5.97 Å². The van der Waals surface area contributed by atoms with E-state index in [4.69, 9.17) is 4.74 Å². The lowest BCUT2D eigenvalue weighted by atomic mass is 9.87. The molecule has 1 aliphatic heterocycles. The Balaban J connectivity index is 1.48. The number of carboxylic acids is 1. The maximum atomic E-state index is 11.9. The second-order valence-electron chi connectivity index (χ2n) is 6.68. The van der Waals surface area contributed by atoms with Gasteiger partial charge in [-0.05, 0) is 30.9 Å². The zero-order valence-corrected chi connectivity index (χ0v) is 14.6. The van der Waals surface area contributed by atoms with Gasteiger partial charge in [0.05, 0.1) is 19.4 Å². The number of benzene rings is 1. The standard InChI is InChI=1S/C19H25N3O3/c1-16-13-20-22(14-16)19(18(23)24)7-9-21(10-8-19)11-12-25-15-17-5-3-2-4-6-17/h2-6,13-14H,7-12,15H2,1H3,(H,23,24). The number of aromatic nitrogens is 2. The minimum Gasteiger partial charge on any atom is -0.479 e. The Hall–Kier alpha value is -2.18. The molecule has 134 valence electrons. The molecule has 6 heteroatoms. The topological polar surface area (TPSA) is 67.6 Å². The summed E-state index contributed by atoms with van der Waals surface area (Å²) in [5.41, 5.74) is 1.23. The van der Waals surface area contributed by atoms with Gasteiger partial charge in [-0.2, -0.15) is 5.10 Å². The maximum Gasteiger partial charge on any atom is 0.331 e. The smallest absolute Gasteiger partial charge is 0.331 e. The summed E-state index contributed by atoms with van der Waals surface area (Å²) in [5, 5.41) is 14.0. The number of piperidine rings is 1. The summed E-state index contributed by atoms with van der Waals surface area (Å²) in [7, 11) is 0. The summed E-state index contributed by atoms with van der Waals surface area (Å²) in [6.45, 7) is 5.48. The lowest BCUT2D eigenvalue weighted by Gasteiger charge is -2.38. The normalized spacial score (nSPS) is 17.5. The summed E-state index contributed by atoms with van der Waals surface area (Å²) in [6, 6.07) is 10.1. The Morgan fingerprint density at radius 1 is 1.28 bits per heavy atom. The molecule has 1 aromatic carbocycles. The van der Waals surface area contributed by atoms with E-state index >= 15 is 0 Å². The van der Waals surface area contributed by atoms with Crippen LogP contribution in [0, 0.1) is 6.92 Å². The lowest BCUT2D eigenvalue weighted by molar-refractivity contribution is -0.151. The molecule has 2 aromatic rings. The van der Waals surface area contributed by atoms with Crippen LogP contribution in [-0.4, -0.2) is 52.0 Å². The van der Waals surface area contributed by atoms with Crippen molar-refractivity contribution in [1.29, 1.82) is 0 Å². The monoisotopic (exact) mass is 343 g/mol. The number of aryl methyl sites for hydroxylation is 1. The van der Waals surface area contributed by atoms with Crippen LogP contribution in [0.4, 0.5) is 0 Å². The zero-order chi connectivity index (χ0) is 17.7. The lowest BCUT2D eigenvalue weighted by Crippen LogP contribution is -2.51. The minimum atomic E-state index is -0.921. The molecule has 1 aliphatic rings. The number of carbonyl (C=O) groups is 1. The summed E-state index contributed by atoms with van der Waals surface area (Å²) >= 11 is 0. The molecule has 0 unspecified atom stereocenters. The Kier molecular flexibility index (Phi) is 5.50. The van der Waals surface area contributed by atoms with E-state index in [0.29, 0.717) is 26.1 Å². The van der Waals surface area contributed by atoms with Crippen LogP contribution >= 0.6 is 0 Å². The molecule has 25 heavy (non-hydrogen) atoms. The van der Waals surface area contributed by atoms with Crippen LogP contribution in [0.5, 0.6) is 0 Å². The Labute approximate surface area is 148 Å². The first kappa shape index (κ1) is 17.6. The molecule has 1 aromatic heterocycles. The number of carboxylic acid groups (broad SMARTS) is 1. The van der Waals surface area contributed by atoms with Gasteiger partial charge in [0.1, 0.15) is 0 Å². The van der Waals surface area contributed by atoms with Crippen molar-refractivity contribution in [3.63, 3.8) is 0 Å². The van der Waals surface area contributed by atoms with Gasteiger partial charge in [-0.3, -0.25) is 4.68 Å². The fraction of sp³-hybridized carbons (Fsp3) is 0.474. The fourth-order valence-corrected chi connectivity index (χ4v) is 3.29. The quantitative estimate of drug-likeness (QED) is 0.781. The molecule has 0 bridgehead atoms. The van der Waals surface area contributed by atoms with Crippen molar-refractivity contribution in [3.05, 3.63) is 53.9 Å². The van der Waals surface area contributed by atoms with Crippen molar-refractivity contribution in [2.24, 2.45) is 0 Å². The highest BCUT2D eigenvalue weighted by molar-refractivity contribution is 5.76. The number of aliphatic carboxylic acids is 1. The summed E-state index contributed by atoms with van der Waals surface area (Å²) in [4.78, 5) is 14.2. The highest BCUT2D eigenvalue weighted by atomic mass is 16.5. The van der Waals surface area contributed by atoms with E-state index in [1.54, 1.807) is 10.9 Å². The van der Waals surface area contributed by atoms with E-state index in [0.717, 1.165) is 25.2 Å². The predicted molar refractivity (Wildman–Crippen MR) is 94.3 cm³/mol. The van der Waals surface area contributed by atoms with Crippen LogP contribution in [0.2, 0.25) is 0 Å². The SMILES string of the molecule is Cc1cnn(C2(C(=O)O)CCN(CCOCc3ccccc3)CC2)c1. The molecule has 1 fully saturated rings. The second-order valence-corrected chi connectivity index (χ2v) is 6.68. The van der Waals surface area contributed by atoms with Crippen LogP contribution in [0.25, 0.3) is 0 Å². The fourth-order valence-electron chi connectivity index (χ4n) is 3.29. The molecule has 0 radical (unpaired) electrons. The zero-order valence-electron chi connectivity index (χ0n) is 14.6. The molecule has 1 N–H and O–H groups in total. The van der Waals surface area contributed by atoms with E-state index in [1.807, 2.05) is 43.5 Å². The highest BCUT2D eigenvalue weighted by Crippen LogP contribution is 2.30. The maximum absolute atomic E-state index is 11.9. The molecule has 2 heterocycles. The van der Waals surface area contributed by atoms with Gasteiger partial charge in [0.2, 0.25) is 0 Å². The molecule has 0 saturated carbocycles. The molecular weight excluding hydrogens is 318 g/mol. The molecular formula is C19H25N3O3. The first-order valence-electron chi connectivity index (χ1n) is 8.69. The first-order chi connectivity index (χ1) is 12.1. The van der Waals surface area contributed by atoms with Crippen LogP contribution in [0.15, 0.2) is 42.7 Å². The Morgan fingerprint density at radius 2 is 2.00 bits per heavy atom. The number of hydrogen-bond acceptors (Lipinski definition) is 4. The highest BCUT2D eigenvalue weighted by Gasteiger charge is 2.43. The number of ether oxygens (including phenoxy) is 1. The number of nitrogens with zero attached hydrogens (tertiary/aromatic N) is 3. The second kappa shape index (κ2) is 7.80. The Bertz CT molecular complexity index is 691. The van der Waals surface area contributed by atoms with Gasteiger partial charge >= 0.3 is 5.97 Å². The van der Waals surface area contributed by atoms with E-state index in [-0.39, 0.29) is 0 Å². The molecule has 0 atom stereocenters. The van der Waals surface area contributed by atoms with Crippen molar-refractivity contribution in [2.45, 2.75) is 31.9 Å². The molecule has 0 aliphatic carbocycles. The first-order valence-corrected chi connectivity index (χ1v) is 8.69. The average Bonchev–Trinajstić information content (AvgIpc) is 3.07. The van der Waals surface area contributed by atoms with E-state index in [2.05, 4.69) is 10.00 Å². The van der Waals surface area contributed by atoms with Gasteiger partial charge in [-0.25, -0.2) is 4.79 Å². The van der Waals surface area contributed by atoms with Gasteiger partial charge in [0.25, 0.3) is 0 Å². The Morgan fingerprint density at radius 3 is 2.60 bits per heavy atom. The van der Waals surface area contributed by atoms with Gasteiger partial charge in [0.15, 0.2) is 5.54 Å². The summed E-state index contributed by atoms with van der Waals surface area (Å²) in [5.74, 6) is -0.796. The molecule has 0 spiro atoms. The van der Waals surface area contributed by atoms with Crippen LogP contribution in [0.3, 0.4) is 0 Å². The predicted octanol–water partition coefficient (Wildman–Crippen LogP) is 2.28. The van der Waals surface area contributed by atoms with Crippen LogP contribution in [-0.2, 0) is 21.7 Å². The third-order valence-corrected chi connectivity index (χ3v) is 4.89. The third-order valence-electron chi connectivity index (χ3n) is 4.89. The average molecular weight is 343 g/mol. The van der Waals surface area contributed by atoms with Gasteiger partial charge in [0, 0.05) is 25.8 Å². The number of hydrogen-bond donors (Lipinski definition) is 1. The number of likely N-dealkylation sites (tertiary alicyclic amines) is 1. The summed E-state index contributed by atoms with van der Waals surface area (Å²) in [6.07, 6.45) is 4.66. The molecule has 6 nitrogen and oxygen atoms in total. The van der Waals surface area contributed by atoms with E-state index in [1.165, 1.54) is 5.56 Å². The van der Waals surface area contributed by atoms with Gasteiger partial charge in [-0.1, -0.05) is 30.3 Å². The van der Waals surface area contributed by atoms with Gasteiger partial charge < -0.3 is 14.7 Å². The largest absolute Gasteiger partial charge is 0.479 e. The molecule has 1 saturated heterocycles. The van der Waals surface area contributed by atoms with E-state index < -0.39 is 11.5 Å². The van der Waals surface area contributed by atoms with Crippen LogP contribution < -0.4 is 0 Å². The molecule has 0 amide bonds. The molecule has 3 rings (SSSR count). The van der Waals surface area contributed by atoms with Crippen molar-refractivity contribution in [2.75, 3.05) is 26.2 Å². The third kappa shape index (κ3) is 4.08.